The summed E-state index contributed by atoms with van der Waals surface area (Å²) in [7, 11) is 0. The molecule has 0 radical (unpaired) electrons. The van der Waals surface area contributed by atoms with Crippen molar-refractivity contribution in [2.45, 2.75) is 65.0 Å². The van der Waals surface area contributed by atoms with E-state index in [1.165, 1.54) is 37.7 Å². The smallest absolute Gasteiger partial charge is 0.124 e. The summed E-state index contributed by atoms with van der Waals surface area (Å²) >= 11 is 0. The first-order valence-corrected chi connectivity index (χ1v) is 7.64. The van der Waals surface area contributed by atoms with Crippen molar-refractivity contribution in [1.82, 2.24) is 0 Å². The van der Waals surface area contributed by atoms with E-state index in [1.54, 1.807) is 0 Å². The zero-order chi connectivity index (χ0) is 13.8. The van der Waals surface area contributed by atoms with E-state index >= 15 is 0 Å². The lowest BCUT2D eigenvalue weighted by Gasteiger charge is -2.32. The molecule has 19 heavy (non-hydrogen) atoms. The Bertz CT molecular complexity index is 414. The number of nitrogens with two attached hydrogens (primary N) is 1. The average Bonchev–Trinajstić information content (AvgIpc) is 2.39. The summed E-state index contributed by atoms with van der Waals surface area (Å²) in [5.41, 5.74) is 8.43. The fourth-order valence-electron chi connectivity index (χ4n) is 3.08. The normalized spacial score (nSPS) is 25.1. The van der Waals surface area contributed by atoms with Gasteiger partial charge in [0, 0.05) is 11.6 Å². The Morgan fingerprint density at radius 3 is 2.74 bits per heavy atom. The fourth-order valence-corrected chi connectivity index (χ4v) is 3.08. The Morgan fingerprint density at radius 1 is 1.32 bits per heavy atom. The molecule has 0 aromatic heterocycles. The zero-order valence-corrected chi connectivity index (χ0v) is 12.5. The molecule has 2 N–H and O–H groups in total. The molecule has 1 aromatic rings. The average molecular weight is 261 g/mol. The highest BCUT2D eigenvalue weighted by atomic mass is 16.5. The molecule has 0 bridgehead atoms. The molecule has 0 spiro atoms. The van der Waals surface area contributed by atoms with Gasteiger partial charge in [0.15, 0.2) is 0 Å². The van der Waals surface area contributed by atoms with Crippen LogP contribution in [0.25, 0.3) is 0 Å². The van der Waals surface area contributed by atoms with Crippen LogP contribution >= 0.6 is 0 Å². The van der Waals surface area contributed by atoms with E-state index in [0.29, 0.717) is 12.0 Å². The van der Waals surface area contributed by atoms with Gasteiger partial charge in [-0.25, -0.2) is 0 Å². The molecular weight excluding hydrogens is 234 g/mol. The van der Waals surface area contributed by atoms with Crippen LogP contribution in [0, 0.1) is 12.8 Å². The Kier molecular flexibility index (Phi) is 4.87. The molecule has 1 aliphatic rings. The van der Waals surface area contributed by atoms with Gasteiger partial charge in [-0.3, -0.25) is 0 Å². The lowest BCUT2D eigenvalue weighted by Crippen LogP contribution is -2.30. The Balaban J connectivity index is 2.19. The van der Waals surface area contributed by atoms with Gasteiger partial charge in [0.25, 0.3) is 0 Å². The maximum absolute atomic E-state index is 6.35. The van der Waals surface area contributed by atoms with Crippen LogP contribution in [-0.2, 0) is 0 Å². The highest BCUT2D eigenvalue weighted by Gasteiger charge is 2.26. The third-order valence-corrected chi connectivity index (χ3v) is 4.30. The van der Waals surface area contributed by atoms with Gasteiger partial charge in [0.2, 0.25) is 0 Å². The Labute approximate surface area is 117 Å². The lowest BCUT2D eigenvalue weighted by molar-refractivity contribution is 0.0890. The first-order valence-electron chi connectivity index (χ1n) is 7.64. The summed E-state index contributed by atoms with van der Waals surface area (Å²) in [6.07, 6.45) is 6.72. The first-order chi connectivity index (χ1) is 9.11. The van der Waals surface area contributed by atoms with Crippen molar-refractivity contribution < 1.29 is 4.74 Å². The van der Waals surface area contributed by atoms with Crippen LogP contribution in [-0.4, -0.2) is 6.10 Å². The highest BCUT2D eigenvalue weighted by Crippen LogP contribution is 2.33. The van der Waals surface area contributed by atoms with E-state index in [4.69, 9.17) is 10.5 Å². The topological polar surface area (TPSA) is 35.2 Å². The third kappa shape index (κ3) is 3.50. The number of benzene rings is 1. The minimum absolute atomic E-state index is 0.0271. The van der Waals surface area contributed by atoms with Gasteiger partial charge in [0.05, 0.1) is 0 Å². The van der Waals surface area contributed by atoms with Crippen molar-refractivity contribution in [3.63, 3.8) is 0 Å². The molecule has 0 aliphatic heterocycles. The van der Waals surface area contributed by atoms with Crippen molar-refractivity contribution in [2.24, 2.45) is 11.7 Å². The van der Waals surface area contributed by atoms with Crippen molar-refractivity contribution >= 4 is 0 Å². The van der Waals surface area contributed by atoms with E-state index in [2.05, 4.69) is 32.0 Å². The predicted molar refractivity (Wildman–Crippen MR) is 80.4 cm³/mol. The molecule has 1 fully saturated rings. The number of hydrogen-bond acceptors (Lipinski definition) is 2. The lowest BCUT2D eigenvalue weighted by atomic mass is 9.84. The third-order valence-electron chi connectivity index (χ3n) is 4.30. The molecule has 0 heterocycles. The second kappa shape index (κ2) is 6.42. The SMILES string of the molecule is CCC1CCCCC1Oc1cc(C)ccc1[C@H](C)N. The molecule has 1 aliphatic carbocycles. The molecule has 2 heteroatoms. The summed E-state index contributed by atoms with van der Waals surface area (Å²) in [5.74, 6) is 1.70. The van der Waals surface area contributed by atoms with Gasteiger partial charge in [-0.15, -0.1) is 0 Å². The van der Waals surface area contributed by atoms with Gasteiger partial charge in [-0.2, -0.15) is 0 Å². The molecule has 0 saturated heterocycles. The van der Waals surface area contributed by atoms with Crippen LogP contribution in [0.4, 0.5) is 0 Å². The summed E-state index contributed by atoms with van der Waals surface area (Å²) < 4.78 is 6.35. The number of ether oxygens (including phenoxy) is 1. The second-order valence-corrected chi connectivity index (χ2v) is 5.94. The molecule has 2 nitrogen and oxygen atoms in total. The Hall–Kier alpha value is -1.02. The summed E-state index contributed by atoms with van der Waals surface area (Å²) in [6, 6.07) is 6.39. The van der Waals surface area contributed by atoms with Gasteiger partial charge in [-0.05, 0) is 57.1 Å². The van der Waals surface area contributed by atoms with Crippen LogP contribution in [0.5, 0.6) is 5.75 Å². The zero-order valence-electron chi connectivity index (χ0n) is 12.5. The minimum atomic E-state index is 0.0271. The van der Waals surface area contributed by atoms with E-state index < -0.39 is 0 Å². The van der Waals surface area contributed by atoms with Crippen LogP contribution in [0.3, 0.4) is 0 Å². The molecule has 2 rings (SSSR count). The van der Waals surface area contributed by atoms with Crippen LogP contribution < -0.4 is 10.5 Å². The highest BCUT2D eigenvalue weighted by molar-refractivity contribution is 5.39. The van der Waals surface area contributed by atoms with E-state index in [9.17, 15) is 0 Å². The Morgan fingerprint density at radius 2 is 2.05 bits per heavy atom. The van der Waals surface area contributed by atoms with Crippen molar-refractivity contribution in [3.05, 3.63) is 29.3 Å². The van der Waals surface area contributed by atoms with Crippen LogP contribution in [0.1, 0.15) is 63.1 Å². The van der Waals surface area contributed by atoms with Gasteiger partial charge in [0.1, 0.15) is 11.9 Å². The van der Waals surface area contributed by atoms with Gasteiger partial charge < -0.3 is 10.5 Å². The van der Waals surface area contributed by atoms with Crippen LogP contribution in [0.2, 0.25) is 0 Å². The minimum Gasteiger partial charge on any atom is -0.490 e. The molecule has 0 amide bonds. The fraction of sp³-hybridized carbons (Fsp3) is 0.647. The predicted octanol–water partition coefficient (Wildman–Crippen LogP) is 4.36. The molecule has 2 unspecified atom stereocenters. The number of hydrogen-bond donors (Lipinski definition) is 1. The van der Waals surface area contributed by atoms with Gasteiger partial charge >= 0.3 is 0 Å². The second-order valence-electron chi connectivity index (χ2n) is 5.94. The van der Waals surface area contributed by atoms with Crippen molar-refractivity contribution in [3.8, 4) is 5.75 Å². The summed E-state index contributed by atoms with van der Waals surface area (Å²) in [4.78, 5) is 0. The molecule has 3 atom stereocenters. The van der Waals surface area contributed by atoms with Crippen molar-refractivity contribution in [2.75, 3.05) is 0 Å². The number of aryl methyl sites for hydroxylation is 1. The van der Waals surface area contributed by atoms with Gasteiger partial charge in [-0.1, -0.05) is 25.5 Å². The van der Waals surface area contributed by atoms with Crippen molar-refractivity contribution in [1.29, 1.82) is 0 Å². The molecule has 1 aromatic carbocycles. The van der Waals surface area contributed by atoms with E-state index in [0.717, 1.165) is 11.3 Å². The standard InChI is InChI=1S/C17H27NO/c1-4-14-7-5-6-8-16(14)19-17-11-12(2)9-10-15(17)13(3)18/h9-11,13-14,16H,4-8,18H2,1-3H3/t13-,14?,16?/m0/s1. The first kappa shape index (κ1) is 14.4. The van der Waals surface area contributed by atoms with E-state index in [-0.39, 0.29) is 6.04 Å². The summed E-state index contributed by atoms with van der Waals surface area (Å²) in [5, 5.41) is 0. The maximum Gasteiger partial charge on any atom is 0.124 e. The number of rotatable bonds is 4. The monoisotopic (exact) mass is 261 g/mol. The largest absolute Gasteiger partial charge is 0.490 e. The summed E-state index contributed by atoms with van der Waals surface area (Å²) in [6.45, 7) is 6.40. The quantitative estimate of drug-likeness (QED) is 0.874. The molecular formula is C17H27NO. The molecule has 106 valence electrons. The van der Waals surface area contributed by atoms with E-state index in [1.807, 2.05) is 6.92 Å². The van der Waals surface area contributed by atoms with Crippen LogP contribution in [0.15, 0.2) is 18.2 Å². The maximum atomic E-state index is 6.35. The molecule has 1 saturated carbocycles.